The standard InChI is InChI=1S/C27H28FN7O3/c1-13-9-31-25(23(13)28)20-6-3-15(10-30-20)19-11-32-35-26(29)22(14(2)37)24(33-27(19)35)16-7-17-4-5-18(8-16)34(17)21(38)12-36/h3,6,10-11,16-18,36H,4-5,7-9,12,29H2,1-2H3/t16?,17-,18+. The monoisotopic (exact) mass is 517 g/mol. The van der Waals surface area contributed by atoms with Gasteiger partial charge in [0.1, 0.15) is 18.1 Å². The SMILES string of the molecule is CC(=O)c1c(C2C[C@H]3CC[C@@H](C2)N3C(=O)CO)nc2c(-c3ccc(C4=NCC(C)=C4F)nc3)cnn2c1N. The van der Waals surface area contributed by atoms with Crippen molar-refractivity contribution in [2.24, 2.45) is 4.99 Å². The second kappa shape index (κ2) is 9.09. The summed E-state index contributed by atoms with van der Waals surface area (Å²) < 4.78 is 15.8. The van der Waals surface area contributed by atoms with Crippen molar-refractivity contribution in [3.63, 3.8) is 0 Å². The summed E-state index contributed by atoms with van der Waals surface area (Å²) in [6.07, 6.45) is 6.27. The van der Waals surface area contributed by atoms with Gasteiger partial charge in [-0.2, -0.15) is 9.61 Å². The van der Waals surface area contributed by atoms with Crippen molar-refractivity contribution in [2.45, 2.75) is 57.5 Å². The summed E-state index contributed by atoms with van der Waals surface area (Å²) in [6, 6.07) is 3.53. The zero-order chi connectivity index (χ0) is 26.7. The summed E-state index contributed by atoms with van der Waals surface area (Å²) >= 11 is 0. The van der Waals surface area contributed by atoms with Gasteiger partial charge in [-0.25, -0.2) is 9.37 Å². The first kappa shape index (κ1) is 24.4. The molecular formula is C27H28FN7O3. The molecule has 38 heavy (non-hydrogen) atoms. The molecule has 10 nitrogen and oxygen atoms in total. The number of piperidine rings is 1. The number of amides is 1. The highest BCUT2D eigenvalue weighted by Gasteiger charge is 2.44. The highest BCUT2D eigenvalue weighted by atomic mass is 19.1. The molecule has 0 aliphatic carbocycles. The van der Waals surface area contributed by atoms with Crippen molar-refractivity contribution in [1.82, 2.24) is 24.5 Å². The van der Waals surface area contributed by atoms with Crippen LogP contribution in [0.15, 0.2) is 40.9 Å². The first-order chi connectivity index (χ1) is 18.3. The second-order valence-electron chi connectivity index (χ2n) is 10.3. The molecule has 0 spiro atoms. The summed E-state index contributed by atoms with van der Waals surface area (Å²) in [5, 5.41) is 13.8. The van der Waals surface area contributed by atoms with Crippen molar-refractivity contribution >= 4 is 28.9 Å². The Morgan fingerprint density at radius 2 is 1.92 bits per heavy atom. The van der Waals surface area contributed by atoms with Crippen LogP contribution in [0, 0.1) is 0 Å². The van der Waals surface area contributed by atoms with E-state index in [0.717, 1.165) is 18.4 Å². The number of ketones is 1. The van der Waals surface area contributed by atoms with E-state index in [1.54, 1.807) is 30.3 Å². The van der Waals surface area contributed by atoms with Crippen LogP contribution in [-0.2, 0) is 4.79 Å². The van der Waals surface area contributed by atoms with Crippen molar-refractivity contribution in [3.8, 4) is 11.1 Å². The normalized spacial score (nSPS) is 22.9. The number of aromatic nitrogens is 4. The number of aliphatic hydroxyl groups is 1. The predicted octanol–water partition coefficient (Wildman–Crippen LogP) is 2.85. The molecule has 3 aliphatic rings. The van der Waals surface area contributed by atoms with Crippen LogP contribution in [0.3, 0.4) is 0 Å². The molecule has 0 aromatic carbocycles. The number of anilines is 1. The fourth-order valence-corrected chi connectivity index (χ4v) is 6.21. The van der Waals surface area contributed by atoms with Gasteiger partial charge in [0.25, 0.3) is 0 Å². The van der Waals surface area contributed by atoms with E-state index in [0.29, 0.717) is 53.1 Å². The summed E-state index contributed by atoms with van der Waals surface area (Å²) in [7, 11) is 0. The molecular weight excluding hydrogens is 489 g/mol. The molecule has 6 rings (SSSR count). The molecule has 3 aliphatic heterocycles. The van der Waals surface area contributed by atoms with E-state index < -0.39 is 6.61 Å². The highest BCUT2D eigenvalue weighted by Crippen LogP contribution is 2.44. The lowest BCUT2D eigenvalue weighted by atomic mass is 9.85. The van der Waals surface area contributed by atoms with Crippen LogP contribution >= 0.6 is 0 Å². The number of halogens is 1. The number of carbonyl (C=O) groups excluding carboxylic acids is 2. The molecule has 1 unspecified atom stereocenters. The Morgan fingerprint density at radius 3 is 2.50 bits per heavy atom. The lowest BCUT2D eigenvalue weighted by Gasteiger charge is -2.39. The number of hydrogen-bond acceptors (Lipinski definition) is 8. The molecule has 1 amide bonds. The Hall–Kier alpha value is -3.99. The largest absolute Gasteiger partial charge is 0.387 e. The number of pyridine rings is 1. The minimum atomic E-state index is -0.505. The van der Waals surface area contributed by atoms with Crippen LogP contribution in [0.4, 0.5) is 10.2 Å². The first-order valence-electron chi connectivity index (χ1n) is 12.7. The van der Waals surface area contributed by atoms with E-state index in [1.165, 1.54) is 11.4 Å². The van der Waals surface area contributed by atoms with E-state index in [9.17, 15) is 19.1 Å². The number of carbonyl (C=O) groups is 2. The summed E-state index contributed by atoms with van der Waals surface area (Å²) in [6.45, 7) is 3.01. The maximum Gasteiger partial charge on any atom is 0.248 e. The van der Waals surface area contributed by atoms with Crippen LogP contribution in [-0.4, -0.2) is 72.2 Å². The third-order valence-corrected chi connectivity index (χ3v) is 7.98. The zero-order valence-electron chi connectivity index (χ0n) is 21.2. The molecule has 0 radical (unpaired) electrons. The molecule has 6 heterocycles. The van der Waals surface area contributed by atoms with Gasteiger partial charge in [0.15, 0.2) is 17.3 Å². The number of aliphatic imine (C=N–C) groups is 1. The van der Waals surface area contributed by atoms with Crippen molar-refractivity contribution in [3.05, 3.63) is 52.9 Å². The van der Waals surface area contributed by atoms with Gasteiger partial charge < -0.3 is 15.7 Å². The molecule has 2 bridgehead atoms. The van der Waals surface area contributed by atoms with Crippen molar-refractivity contribution < 1.29 is 19.1 Å². The first-order valence-corrected chi connectivity index (χ1v) is 12.7. The Kier molecular flexibility index (Phi) is 5.82. The summed E-state index contributed by atoms with van der Waals surface area (Å²) in [5.74, 6) is -0.633. The summed E-state index contributed by atoms with van der Waals surface area (Å²) in [5.41, 5.74) is 10.7. The molecule has 196 valence electrons. The average molecular weight is 518 g/mol. The number of rotatable bonds is 5. The Balaban J connectivity index is 1.40. The average Bonchev–Trinajstić information content (AvgIpc) is 3.57. The topological polar surface area (TPSA) is 139 Å². The minimum absolute atomic E-state index is 0.00447. The summed E-state index contributed by atoms with van der Waals surface area (Å²) in [4.78, 5) is 40.5. The maximum atomic E-state index is 14.4. The molecule has 3 N–H and O–H groups in total. The number of nitrogen functional groups attached to an aromatic ring is 1. The lowest BCUT2D eigenvalue weighted by Crippen LogP contribution is -2.47. The number of nitrogens with two attached hydrogens (primary N) is 1. The zero-order valence-corrected chi connectivity index (χ0v) is 21.2. The Morgan fingerprint density at radius 1 is 1.18 bits per heavy atom. The molecule has 3 atom stereocenters. The van der Waals surface area contributed by atoms with Crippen LogP contribution < -0.4 is 5.73 Å². The van der Waals surface area contributed by atoms with Gasteiger partial charge >= 0.3 is 0 Å². The molecule has 11 heteroatoms. The van der Waals surface area contributed by atoms with Gasteiger partial charge in [-0.1, -0.05) is 6.07 Å². The number of fused-ring (bicyclic) bond motifs is 3. The van der Waals surface area contributed by atoms with E-state index in [1.807, 2.05) is 6.07 Å². The van der Waals surface area contributed by atoms with E-state index in [2.05, 4.69) is 15.1 Å². The van der Waals surface area contributed by atoms with Crippen LogP contribution in [0.25, 0.3) is 16.8 Å². The number of aliphatic hydroxyl groups excluding tert-OH is 1. The Bertz CT molecular complexity index is 1530. The fourth-order valence-electron chi connectivity index (χ4n) is 6.21. The molecule has 2 saturated heterocycles. The van der Waals surface area contributed by atoms with Gasteiger partial charge in [-0.05, 0) is 51.2 Å². The number of allylic oxidation sites excluding steroid dienone is 1. The van der Waals surface area contributed by atoms with Gasteiger partial charge in [0.2, 0.25) is 5.91 Å². The van der Waals surface area contributed by atoms with Crippen LogP contribution in [0.1, 0.15) is 67.2 Å². The second-order valence-corrected chi connectivity index (χ2v) is 10.3. The lowest BCUT2D eigenvalue weighted by molar-refractivity contribution is -0.138. The van der Waals surface area contributed by atoms with Gasteiger partial charge in [0, 0.05) is 35.3 Å². The van der Waals surface area contributed by atoms with Gasteiger partial charge in [0.05, 0.1) is 29.7 Å². The molecule has 2 fully saturated rings. The number of hydrogen-bond donors (Lipinski definition) is 2. The molecule has 0 saturated carbocycles. The van der Waals surface area contributed by atoms with E-state index in [4.69, 9.17) is 10.7 Å². The predicted molar refractivity (Wildman–Crippen MR) is 139 cm³/mol. The minimum Gasteiger partial charge on any atom is -0.387 e. The quantitative estimate of drug-likeness (QED) is 0.496. The van der Waals surface area contributed by atoms with E-state index in [-0.39, 0.29) is 47.0 Å². The maximum absolute atomic E-state index is 14.4. The number of Topliss-reactive ketones (excluding diaryl/α,β-unsaturated/α-hetero) is 1. The molecule has 3 aromatic rings. The molecule has 3 aromatic heterocycles. The number of nitrogens with zero attached hydrogens (tertiary/aromatic N) is 6. The van der Waals surface area contributed by atoms with Crippen molar-refractivity contribution in [1.29, 1.82) is 0 Å². The highest BCUT2D eigenvalue weighted by molar-refractivity contribution is 6.12. The van der Waals surface area contributed by atoms with E-state index >= 15 is 0 Å². The third-order valence-electron chi connectivity index (χ3n) is 7.98. The third kappa shape index (κ3) is 3.72. The van der Waals surface area contributed by atoms with Gasteiger partial charge in [-0.15, -0.1) is 0 Å². The van der Waals surface area contributed by atoms with Crippen LogP contribution in [0.5, 0.6) is 0 Å². The van der Waals surface area contributed by atoms with Crippen molar-refractivity contribution in [2.75, 3.05) is 18.9 Å². The van der Waals surface area contributed by atoms with Crippen LogP contribution in [0.2, 0.25) is 0 Å². The smallest absolute Gasteiger partial charge is 0.248 e. The fraction of sp³-hybridized carbons (Fsp3) is 0.407. The Labute approximate surface area is 218 Å². The van der Waals surface area contributed by atoms with Gasteiger partial charge in [-0.3, -0.25) is 19.6 Å².